The predicted molar refractivity (Wildman–Crippen MR) is 68.7 cm³/mol. The molecular weight excluding hydrogens is 222 g/mol. The zero-order valence-electron chi connectivity index (χ0n) is 10.6. The first kappa shape index (κ1) is 13.8. The van der Waals surface area contributed by atoms with Gasteiger partial charge in [-0.1, -0.05) is 27.7 Å². The maximum atomic E-state index is 11.0. The molecule has 0 spiro atoms. The Morgan fingerprint density at radius 3 is 2.19 bits per heavy atom. The molecule has 2 N–H and O–H groups in total. The molecular formula is C12H23NO2S. The Bertz CT molecular complexity index is 243. The highest BCUT2D eigenvalue weighted by Gasteiger charge is 2.42. The zero-order chi connectivity index (χ0) is 12.3. The number of hydrogen-bond donors (Lipinski definition) is 2. The number of hydrogen-bond acceptors (Lipinski definition) is 3. The van der Waals surface area contributed by atoms with Gasteiger partial charge in [0.05, 0.1) is 4.87 Å². The summed E-state index contributed by atoms with van der Waals surface area (Å²) in [7, 11) is 0. The summed E-state index contributed by atoms with van der Waals surface area (Å²) < 4.78 is 0. The molecule has 1 aliphatic heterocycles. The van der Waals surface area contributed by atoms with Crippen molar-refractivity contribution in [1.29, 1.82) is 0 Å². The standard InChI is InChI=1S/C12H23NO2S/c1-8(2)5-12(6-9(3)4)13-10(7-16-12)11(14)15/h8-10,13H,5-7H2,1-4H3,(H,14,15). The fraction of sp³-hybridized carbons (Fsp3) is 0.917. The molecule has 94 valence electrons. The summed E-state index contributed by atoms with van der Waals surface area (Å²) in [5.41, 5.74) is 0. The van der Waals surface area contributed by atoms with Gasteiger partial charge in [-0.25, -0.2) is 0 Å². The highest BCUT2D eigenvalue weighted by Crippen LogP contribution is 2.40. The van der Waals surface area contributed by atoms with Crippen LogP contribution in [0.25, 0.3) is 0 Å². The lowest BCUT2D eigenvalue weighted by molar-refractivity contribution is -0.139. The third-order valence-electron chi connectivity index (χ3n) is 2.74. The van der Waals surface area contributed by atoms with Gasteiger partial charge in [0.25, 0.3) is 0 Å². The molecule has 1 aliphatic rings. The van der Waals surface area contributed by atoms with Gasteiger partial charge >= 0.3 is 5.97 Å². The number of rotatable bonds is 5. The molecule has 1 atom stereocenters. The van der Waals surface area contributed by atoms with Gasteiger partial charge < -0.3 is 5.11 Å². The molecule has 3 nitrogen and oxygen atoms in total. The lowest BCUT2D eigenvalue weighted by Gasteiger charge is -2.32. The van der Waals surface area contributed by atoms with Crippen molar-refractivity contribution in [3.05, 3.63) is 0 Å². The minimum absolute atomic E-state index is 0.0224. The van der Waals surface area contributed by atoms with Crippen LogP contribution in [0.1, 0.15) is 40.5 Å². The van der Waals surface area contributed by atoms with E-state index >= 15 is 0 Å². The minimum atomic E-state index is -0.720. The van der Waals surface area contributed by atoms with Crippen molar-refractivity contribution in [1.82, 2.24) is 5.32 Å². The molecule has 0 radical (unpaired) electrons. The number of carbonyl (C=O) groups is 1. The lowest BCUT2D eigenvalue weighted by Crippen LogP contribution is -2.46. The molecule has 1 saturated heterocycles. The molecule has 16 heavy (non-hydrogen) atoms. The number of aliphatic carboxylic acids is 1. The topological polar surface area (TPSA) is 49.3 Å². The molecule has 0 bridgehead atoms. The first-order valence-corrected chi connectivity index (χ1v) is 6.97. The largest absolute Gasteiger partial charge is 0.480 e. The molecule has 0 aromatic carbocycles. The van der Waals surface area contributed by atoms with Crippen LogP contribution in [0.15, 0.2) is 0 Å². The summed E-state index contributed by atoms with van der Waals surface area (Å²) in [6, 6.07) is -0.373. The summed E-state index contributed by atoms with van der Waals surface area (Å²) in [6.07, 6.45) is 2.08. The van der Waals surface area contributed by atoms with Gasteiger partial charge in [0.15, 0.2) is 0 Å². The Hall–Kier alpha value is -0.220. The van der Waals surface area contributed by atoms with E-state index in [9.17, 15) is 4.79 Å². The smallest absolute Gasteiger partial charge is 0.321 e. The van der Waals surface area contributed by atoms with Gasteiger partial charge in [0.2, 0.25) is 0 Å². The maximum Gasteiger partial charge on any atom is 0.321 e. The Morgan fingerprint density at radius 1 is 1.38 bits per heavy atom. The molecule has 1 fully saturated rings. The summed E-state index contributed by atoms with van der Waals surface area (Å²) in [4.78, 5) is 11.0. The van der Waals surface area contributed by atoms with Crippen molar-refractivity contribution in [3.8, 4) is 0 Å². The molecule has 4 heteroatoms. The van der Waals surface area contributed by atoms with Crippen LogP contribution in [0.4, 0.5) is 0 Å². The first-order valence-electron chi connectivity index (χ1n) is 5.99. The van der Waals surface area contributed by atoms with Gasteiger partial charge in [-0.3, -0.25) is 10.1 Å². The number of thioether (sulfide) groups is 1. The minimum Gasteiger partial charge on any atom is -0.480 e. The second-order valence-corrected chi connectivity index (χ2v) is 6.94. The van der Waals surface area contributed by atoms with Crippen LogP contribution >= 0.6 is 11.8 Å². The van der Waals surface area contributed by atoms with Crippen LogP contribution in [-0.2, 0) is 4.79 Å². The molecule has 0 aliphatic carbocycles. The average Bonchev–Trinajstić information content (AvgIpc) is 2.46. The van der Waals surface area contributed by atoms with Gasteiger partial charge in [-0.15, -0.1) is 11.8 Å². The van der Waals surface area contributed by atoms with Crippen LogP contribution in [-0.4, -0.2) is 27.7 Å². The summed E-state index contributed by atoms with van der Waals surface area (Å²) in [5, 5.41) is 12.4. The molecule has 0 amide bonds. The van der Waals surface area contributed by atoms with E-state index in [1.165, 1.54) is 0 Å². The zero-order valence-corrected chi connectivity index (χ0v) is 11.4. The van der Waals surface area contributed by atoms with Gasteiger partial charge in [-0.2, -0.15) is 0 Å². The van der Waals surface area contributed by atoms with Crippen molar-refractivity contribution < 1.29 is 9.90 Å². The molecule has 0 aromatic rings. The van der Waals surface area contributed by atoms with Crippen molar-refractivity contribution >= 4 is 17.7 Å². The van der Waals surface area contributed by atoms with E-state index in [2.05, 4.69) is 33.0 Å². The van der Waals surface area contributed by atoms with Crippen LogP contribution in [0.5, 0.6) is 0 Å². The quantitative estimate of drug-likeness (QED) is 0.781. The highest BCUT2D eigenvalue weighted by molar-refractivity contribution is 8.00. The Kier molecular flexibility index (Phi) is 4.68. The lowest BCUT2D eigenvalue weighted by atomic mass is 9.94. The highest BCUT2D eigenvalue weighted by atomic mass is 32.2. The first-order chi connectivity index (χ1) is 7.34. The number of carboxylic acid groups (broad SMARTS) is 1. The van der Waals surface area contributed by atoms with E-state index in [1.54, 1.807) is 11.8 Å². The second kappa shape index (κ2) is 5.41. The SMILES string of the molecule is CC(C)CC1(CC(C)C)NC(C(=O)O)CS1. The van der Waals surface area contributed by atoms with Crippen molar-refractivity contribution in [2.75, 3.05) is 5.75 Å². The molecule has 0 aromatic heterocycles. The van der Waals surface area contributed by atoms with E-state index in [0.29, 0.717) is 17.6 Å². The van der Waals surface area contributed by atoms with Crippen LogP contribution in [0.3, 0.4) is 0 Å². The predicted octanol–water partition coefficient (Wildman–Crippen LogP) is 2.56. The van der Waals surface area contributed by atoms with E-state index in [0.717, 1.165) is 12.8 Å². The Morgan fingerprint density at radius 2 is 1.88 bits per heavy atom. The van der Waals surface area contributed by atoms with Gasteiger partial charge in [0, 0.05) is 5.75 Å². The molecule has 0 saturated carbocycles. The van der Waals surface area contributed by atoms with E-state index < -0.39 is 5.97 Å². The molecule has 1 rings (SSSR count). The summed E-state index contributed by atoms with van der Waals surface area (Å²) in [5.74, 6) is 1.15. The Labute approximate surface area is 102 Å². The average molecular weight is 245 g/mol. The Balaban J connectivity index is 2.70. The van der Waals surface area contributed by atoms with Crippen LogP contribution in [0.2, 0.25) is 0 Å². The number of nitrogens with one attached hydrogen (secondary N) is 1. The fourth-order valence-corrected chi connectivity index (χ4v) is 4.25. The third kappa shape index (κ3) is 3.67. The monoisotopic (exact) mass is 245 g/mol. The summed E-state index contributed by atoms with van der Waals surface area (Å²) >= 11 is 1.79. The second-order valence-electron chi connectivity index (χ2n) is 5.54. The summed E-state index contributed by atoms with van der Waals surface area (Å²) in [6.45, 7) is 8.77. The van der Waals surface area contributed by atoms with Crippen LogP contribution < -0.4 is 5.32 Å². The third-order valence-corrected chi connectivity index (χ3v) is 4.24. The van der Waals surface area contributed by atoms with Crippen molar-refractivity contribution in [2.45, 2.75) is 51.4 Å². The number of carboxylic acids is 1. The fourth-order valence-electron chi connectivity index (χ4n) is 2.41. The molecule has 1 heterocycles. The molecule has 1 unspecified atom stereocenters. The van der Waals surface area contributed by atoms with E-state index in [1.807, 2.05) is 0 Å². The van der Waals surface area contributed by atoms with E-state index in [-0.39, 0.29) is 10.9 Å². The van der Waals surface area contributed by atoms with Crippen molar-refractivity contribution in [3.63, 3.8) is 0 Å². The maximum absolute atomic E-state index is 11.0. The normalized spacial score (nSPS) is 24.2. The van der Waals surface area contributed by atoms with Crippen LogP contribution in [0, 0.1) is 11.8 Å². The van der Waals surface area contributed by atoms with Gasteiger partial charge in [-0.05, 0) is 24.7 Å². The van der Waals surface area contributed by atoms with Crippen molar-refractivity contribution in [2.24, 2.45) is 11.8 Å². The van der Waals surface area contributed by atoms with E-state index in [4.69, 9.17) is 5.11 Å². The van der Waals surface area contributed by atoms with Gasteiger partial charge in [0.1, 0.15) is 6.04 Å².